The first-order chi connectivity index (χ1) is 9.56. The van der Waals surface area contributed by atoms with Crippen LogP contribution in [0.1, 0.15) is 18.9 Å². The van der Waals surface area contributed by atoms with Gasteiger partial charge in [0.15, 0.2) is 0 Å². The van der Waals surface area contributed by atoms with Crippen LogP contribution in [-0.4, -0.2) is 48.7 Å². The zero-order valence-corrected chi connectivity index (χ0v) is 12.1. The lowest BCUT2D eigenvalue weighted by Gasteiger charge is -2.30. The quantitative estimate of drug-likeness (QED) is 0.859. The summed E-state index contributed by atoms with van der Waals surface area (Å²) >= 11 is 0. The van der Waals surface area contributed by atoms with E-state index >= 15 is 0 Å². The molecular weight excluding hydrogens is 252 g/mol. The van der Waals surface area contributed by atoms with E-state index in [9.17, 15) is 4.79 Å². The number of benzene rings is 1. The molecule has 1 aromatic rings. The van der Waals surface area contributed by atoms with Crippen LogP contribution in [0.25, 0.3) is 6.08 Å². The molecular formula is C16H22N2O2. The highest BCUT2D eigenvalue weighted by atomic mass is 16.4. The number of hydrogen-bond donors (Lipinski definition) is 1. The lowest BCUT2D eigenvalue weighted by Crippen LogP contribution is -2.37. The normalized spacial score (nSPS) is 21.1. The minimum absolute atomic E-state index is 0.489. The van der Waals surface area contributed by atoms with E-state index in [1.54, 1.807) is 6.08 Å². The second-order valence-electron chi connectivity index (χ2n) is 5.42. The molecule has 0 spiro atoms. The van der Waals surface area contributed by atoms with Crippen LogP contribution < -0.4 is 4.90 Å². The van der Waals surface area contributed by atoms with E-state index in [1.165, 1.54) is 18.2 Å². The number of carbonyl (C=O) groups is 1. The molecule has 20 heavy (non-hydrogen) atoms. The van der Waals surface area contributed by atoms with E-state index in [-0.39, 0.29) is 0 Å². The first-order valence-corrected chi connectivity index (χ1v) is 7.02. The minimum Gasteiger partial charge on any atom is -0.478 e. The van der Waals surface area contributed by atoms with Crippen LogP contribution in [0.5, 0.6) is 0 Å². The molecule has 0 radical (unpaired) electrons. The van der Waals surface area contributed by atoms with Crippen LogP contribution in [0.4, 0.5) is 5.69 Å². The average Bonchev–Trinajstić information content (AvgIpc) is 2.58. The summed E-state index contributed by atoms with van der Waals surface area (Å²) in [5, 5.41) is 8.62. The van der Waals surface area contributed by atoms with Crippen LogP contribution in [0.3, 0.4) is 0 Å². The fourth-order valence-electron chi connectivity index (χ4n) is 2.70. The summed E-state index contributed by atoms with van der Waals surface area (Å²) < 4.78 is 0. The second-order valence-corrected chi connectivity index (χ2v) is 5.42. The molecule has 1 unspecified atom stereocenters. The second kappa shape index (κ2) is 6.57. The van der Waals surface area contributed by atoms with Crippen molar-refractivity contribution in [2.75, 3.05) is 31.6 Å². The molecule has 108 valence electrons. The van der Waals surface area contributed by atoms with Crippen LogP contribution in [0.2, 0.25) is 0 Å². The van der Waals surface area contributed by atoms with Crippen molar-refractivity contribution in [3.8, 4) is 0 Å². The Labute approximate surface area is 120 Å². The molecule has 1 aliphatic rings. The maximum absolute atomic E-state index is 10.5. The number of anilines is 1. The van der Waals surface area contributed by atoms with Gasteiger partial charge < -0.3 is 14.9 Å². The highest BCUT2D eigenvalue weighted by molar-refractivity contribution is 5.85. The van der Waals surface area contributed by atoms with E-state index in [1.807, 2.05) is 12.1 Å². The average molecular weight is 274 g/mol. The third kappa shape index (κ3) is 3.84. The van der Waals surface area contributed by atoms with Gasteiger partial charge in [0.1, 0.15) is 0 Å². The van der Waals surface area contributed by atoms with Crippen molar-refractivity contribution < 1.29 is 9.90 Å². The monoisotopic (exact) mass is 274 g/mol. The number of rotatable bonds is 3. The molecule has 0 amide bonds. The van der Waals surface area contributed by atoms with Crippen molar-refractivity contribution in [3.63, 3.8) is 0 Å². The summed E-state index contributed by atoms with van der Waals surface area (Å²) in [5.74, 6) is -0.918. The van der Waals surface area contributed by atoms with Crippen LogP contribution in [0.15, 0.2) is 30.3 Å². The molecule has 1 atom stereocenters. The van der Waals surface area contributed by atoms with Crippen molar-refractivity contribution in [2.45, 2.75) is 19.4 Å². The summed E-state index contributed by atoms with van der Waals surface area (Å²) in [7, 11) is 2.17. The third-order valence-electron chi connectivity index (χ3n) is 3.69. The van der Waals surface area contributed by atoms with Crippen LogP contribution in [0, 0.1) is 0 Å². The van der Waals surface area contributed by atoms with E-state index in [2.05, 4.69) is 35.9 Å². The van der Waals surface area contributed by atoms with Gasteiger partial charge in [0.25, 0.3) is 0 Å². The lowest BCUT2D eigenvalue weighted by molar-refractivity contribution is -0.131. The Bertz CT molecular complexity index is 482. The molecule has 0 saturated carbocycles. The van der Waals surface area contributed by atoms with Crippen molar-refractivity contribution >= 4 is 17.7 Å². The minimum atomic E-state index is -0.918. The van der Waals surface area contributed by atoms with Gasteiger partial charge in [-0.05, 0) is 50.7 Å². The van der Waals surface area contributed by atoms with E-state index in [0.717, 1.165) is 25.2 Å². The largest absolute Gasteiger partial charge is 0.478 e. The molecule has 4 heteroatoms. The van der Waals surface area contributed by atoms with Gasteiger partial charge in [0, 0.05) is 30.9 Å². The smallest absolute Gasteiger partial charge is 0.328 e. The lowest BCUT2D eigenvalue weighted by atomic mass is 10.1. The fraction of sp³-hybridized carbons (Fsp3) is 0.438. The molecule has 4 nitrogen and oxygen atoms in total. The third-order valence-corrected chi connectivity index (χ3v) is 3.69. The summed E-state index contributed by atoms with van der Waals surface area (Å²) in [6.45, 7) is 5.52. The predicted molar refractivity (Wildman–Crippen MR) is 82.0 cm³/mol. The topological polar surface area (TPSA) is 43.8 Å². The first-order valence-electron chi connectivity index (χ1n) is 7.02. The predicted octanol–water partition coefficient (Wildman–Crippen LogP) is 2.31. The molecule has 0 aromatic heterocycles. The number of aliphatic carboxylic acids is 1. The maximum Gasteiger partial charge on any atom is 0.328 e. The number of carboxylic acids is 1. The molecule has 1 aromatic carbocycles. The molecule has 1 heterocycles. The van der Waals surface area contributed by atoms with Crippen LogP contribution in [-0.2, 0) is 4.79 Å². The highest BCUT2D eigenvalue weighted by Gasteiger charge is 2.19. The Morgan fingerprint density at radius 1 is 1.30 bits per heavy atom. The van der Waals surface area contributed by atoms with Gasteiger partial charge in [-0.15, -0.1) is 0 Å². The maximum atomic E-state index is 10.5. The number of likely N-dealkylation sites (N-methyl/N-ethyl adjacent to an activating group) is 1. The standard InChI is InChI=1S/C16H22N2O2/c1-13-12-17(2)10-3-11-18(13)15-7-4-14(5-8-15)6-9-16(19)20/h4-9,13H,3,10-12H2,1-2H3,(H,19,20)/b9-6+. The molecule has 1 fully saturated rings. The Morgan fingerprint density at radius 2 is 2.00 bits per heavy atom. The van der Waals surface area contributed by atoms with Crippen molar-refractivity contribution in [1.29, 1.82) is 0 Å². The summed E-state index contributed by atoms with van der Waals surface area (Å²) in [6.07, 6.45) is 3.95. The van der Waals surface area contributed by atoms with Crippen molar-refractivity contribution in [2.24, 2.45) is 0 Å². The Morgan fingerprint density at radius 3 is 2.65 bits per heavy atom. The summed E-state index contributed by atoms with van der Waals surface area (Å²) in [6, 6.07) is 8.57. The van der Waals surface area contributed by atoms with Gasteiger partial charge >= 0.3 is 5.97 Å². The first kappa shape index (κ1) is 14.6. The van der Waals surface area contributed by atoms with Crippen molar-refractivity contribution in [1.82, 2.24) is 4.90 Å². The Balaban J connectivity index is 2.10. The molecule has 0 aliphatic carbocycles. The van der Waals surface area contributed by atoms with Crippen LogP contribution >= 0.6 is 0 Å². The van der Waals surface area contributed by atoms with Gasteiger partial charge in [0.2, 0.25) is 0 Å². The summed E-state index contributed by atoms with van der Waals surface area (Å²) in [4.78, 5) is 15.3. The van der Waals surface area contributed by atoms with Crippen molar-refractivity contribution in [3.05, 3.63) is 35.9 Å². The van der Waals surface area contributed by atoms with Gasteiger partial charge in [0.05, 0.1) is 0 Å². The van der Waals surface area contributed by atoms with E-state index in [0.29, 0.717) is 6.04 Å². The van der Waals surface area contributed by atoms with E-state index in [4.69, 9.17) is 5.11 Å². The van der Waals surface area contributed by atoms with Gasteiger partial charge in [-0.25, -0.2) is 4.79 Å². The van der Waals surface area contributed by atoms with Gasteiger partial charge in [-0.1, -0.05) is 12.1 Å². The zero-order chi connectivity index (χ0) is 14.5. The SMILES string of the molecule is CC1CN(C)CCCN1c1ccc(/C=C/C(=O)O)cc1. The highest BCUT2D eigenvalue weighted by Crippen LogP contribution is 2.21. The molecule has 1 aliphatic heterocycles. The zero-order valence-electron chi connectivity index (χ0n) is 12.1. The number of hydrogen-bond acceptors (Lipinski definition) is 3. The van der Waals surface area contributed by atoms with Gasteiger partial charge in [-0.3, -0.25) is 0 Å². The molecule has 1 saturated heterocycles. The number of carboxylic acid groups (broad SMARTS) is 1. The van der Waals surface area contributed by atoms with E-state index < -0.39 is 5.97 Å². The Kier molecular flexibility index (Phi) is 4.79. The molecule has 0 bridgehead atoms. The number of nitrogens with zero attached hydrogens (tertiary/aromatic N) is 2. The fourth-order valence-corrected chi connectivity index (χ4v) is 2.70. The van der Waals surface area contributed by atoms with Gasteiger partial charge in [-0.2, -0.15) is 0 Å². The molecule has 1 N–H and O–H groups in total. The summed E-state index contributed by atoms with van der Waals surface area (Å²) in [5.41, 5.74) is 2.12. The molecule has 2 rings (SSSR count). The Hall–Kier alpha value is -1.81.